The van der Waals surface area contributed by atoms with E-state index in [1.54, 1.807) is 0 Å². The van der Waals surface area contributed by atoms with Crippen LogP contribution < -0.4 is 10.6 Å². The zero-order valence-electron chi connectivity index (χ0n) is 10.8. The third kappa shape index (κ3) is 4.54. The molecule has 1 aliphatic heterocycles. The number of rotatable bonds is 4. The highest BCUT2D eigenvalue weighted by Crippen LogP contribution is 2.07. The van der Waals surface area contributed by atoms with E-state index in [4.69, 9.17) is 4.74 Å². The van der Waals surface area contributed by atoms with Gasteiger partial charge < -0.3 is 20.5 Å². The number of benzene rings is 1. The summed E-state index contributed by atoms with van der Waals surface area (Å²) >= 11 is 0. The van der Waals surface area contributed by atoms with Crippen LogP contribution in [0.15, 0.2) is 30.3 Å². The number of nitrogens with one attached hydrogen (secondary N) is 2. The monoisotopic (exact) mass is 264 g/mol. The van der Waals surface area contributed by atoms with Crippen molar-refractivity contribution in [2.75, 3.05) is 19.8 Å². The van der Waals surface area contributed by atoms with Gasteiger partial charge >= 0.3 is 6.03 Å². The van der Waals surface area contributed by atoms with Crippen LogP contribution in [0.3, 0.4) is 0 Å². The van der Waals surface area contributed by atoms with E-state index in [0.29, 0.717) is 19.6 Å². The molecule has 1 aliphatic rings. The predicted molar refractivity (Wildman–Crippen MR) is 71.9 cm³/mol. The number of aliphatic hydroxyl groups is 1. The lowest BCUT2D eigenvalue weighted by Crippen LogP contribution is -2.51. The van der Waals surface area contributed by atoms with Crippen molar-refractivity contribution in [3.05, 3.63) is 35.9 Å². The Morgan fingerprint density at radius 1 is 1.37 bits per heavy atom. The zero-order chi connectivity index (χ0) is 13.5. The van der Waals surface area contributed by atoms with E-state index in [-0.39, 0.29) is 18.7 Å². The molecule has 2 rings (SSSR count). The number of hydrogen-bond donors (Lipinski definition) is 3. The number of carbonyl (C=O) groups excluding carboxylic acids is 1. The molecule has 5 nitrogen and oxygen atoms in total. The minimum absolute atomic E-state index is 0.217. The van der Waals surface area contributed by atoms with Gasteiger partial charge in [-0.3, -0.25) is 0 Å². The second-order valence-corrected chi connectivity index (χ2v) is 4.67. The Kier molecular flexibility index (Phi) is 5.18. The van der Waals surface area contributed by atoms with E-state index in [2.05, 4.69) is 10.6 Å². The van der Waals surface area contributed by atoms with Gasteiger partial charge in [-0.15, -0.1) is 0 Å². The summed E-state index contributed by atoms with van der Waals surface area (Å²) in [5.74, 6) is 0. The van der Waals surface area contributed by atoms with Gasteiger partial charge in [0.15, 0.2) is 0 Å². The average molecular weight is 264 g/mol. The van der Waals surface area contributed by atoms with Crippen LogP contribution in [0.1, 0.15) is 12.0 Å². The largest absolute Gasteiger partial charge is 0.389 e. The topological polar surface area (TPSA) is 70.6 Å². The fourth-order valence-electron chi connectivity index (χ4n) is 2.08. The van der Waals surface area contributed by atoms with Crippen molar-refractivity contribution >= 4 is 6.03 Å². The van der Waals surface area contributed by atoms with Crippen LogP contribution >= 0.6 is 0 Å². The SMILES string of the molecule is O=C(NCCc1ccccc1)N[C@@H]1CCOC[C@H]1O. The lowest BCUT2D eigenvalue weighted by atomic mass is 10.1. The van der Waals surface area contributed by atoms with E-state index >= 15 is 0 Å². The number of carbonyl (C=O) groups is 1. The molecule has 0 aromatic heterocycles. The Balaban J connectivity index is 1.67. The van der Waals surface area contributed by atoms with Gasteiger partial charge in [0, 0.05) is 13.2 Å². The van der Waals surface area contributed by atoms with Crippen LogP contribution in [0.5, 0.6) is 0 Å². The van der Waals surface area contributed by atoms with Gasteiger partial charge in [-0.2, -0.15) is 0 Å². The Morgan fingerprint density at radius 2 is 2.16 bits per heavy atom. The molecule has 19 heavy (non-hydrogen) atoms. The maximum Gasteiger partial charge on any atom is 0.315 e. The highest BCUT2D eigenvalue weighted by atomic mass is 16.5. The molecule has 0 aliphatic carbocycles. The number of hydrogen-bond acceptors (Lipinski definition) is 3. The first-order valence-electron chi connectivity index (χ1n) is 6.60. The molecule has 1 aromatic rings. The highest BCUT2D eigenvalue weighted by Gasteiger charge is 2.24. The molecule has 3 N–H and O–H groups in total. The highest BCUT2D eigenvalue weighted by molar-refractivity contribution is 5.74. The van der Waals surface area contributed by atoms with Gasteiger partial charge in [-0.1, -0.05) is 30.3 Å². The molecular weight excluding hydrogens is 244 g/mol. The summed E-state index contributed by atoms with van der Waals surface area (Å²) in [6, 6.07) is 9.54. The van der Waals surface area contributed by atoms with E-state index < -0.39 is 6.10 Å². The van der Waals surface area contributed by atoms with Gasteiger partial charge in [0.2, 0.25) is 0 Å². The van der Waals surface area contributed by atoms with Crippen LogP contribution in [-0.4, -0.2) is 43.0 Å². The molecule has 0 spiro atoms. The molecule has 1 fully saturated rings. The number of urea groups is 1. The maximum absolute atomic E-state index is 11.7. The van der Waals surface area contributed by atoms with Crippen molar-refractivity contribution in [1.29, 1.82) is 0 Å². The minimum atomic E-state index is -0.617. The molecule has 1 aromatic carbocycles. The lowest BCUT2D eigenvalue weighted by molar-refractivity contribution is -0.0247. The lowest BCUT2D eigenvalue weighted by Gasteiger charge is -2.28. The molecule has 1 heterocycles. The van der Waals surface area contributed by atoms with E-state index in [9.17, 15) is 9.90 Å². The number of aliphatic hydroxyl groups excluding tert-OH is 1. The van der Waals surface area contributed by atoms with Crippen molar-refractivity contribution in [3.63, 3.8) is 0 Å². The summed E-state index contributed by atoms with van der Waals surface area (Å²) < 4.78 is 5.11. The molecule has 0 unspecified atom stereocenters. The van der Waals surface area contributed by atoms with Crippen molar-refractivity contribution in [2.24, 2.45) is 0 Å². The van der Waals surface area contributed by atoms with E-state index in [1.165, 1.54) is 5.56 Å². The third-order valence-electron chi connectivity index (χ3n) is 3.18. The molecular formula is C14H20N2O3. The summed E-state index contributed by atoms with van der Waals surface area (Å²) in [6.45, 7) is 1.44. The van der Waals surface area contributed by atoms with Gasteiger partial charge in [0.25, 0.3) is 0 Å². The zero-order valence-corrected chi connectivity index (χ0v) is 10.8. The Morgan fingerprint density at radius 3 is 2.89 bits per heavy atom. The molecule has 1 saturated heterocycles. The molecule has 104 valence electrons. The van der Waals surface area contributed by atoms with Gasteiger partial charge in [-0.25, -0.2) is 4.79 Å². The smallest absolute Gasteiger partial charge is 0.315 e. The Bertz CT molecular complexity index is 397. The quantitative estimate of drug-likeness (QED) is 0.749. The first-order valence-corrected chi connectivity index (χ1v) is 6.60. The summed E-state index contributed by atoms with van der Waals surface area (Å²) in [5.41, 5.74) is 1.19. The first-order chi connectivity index (χ1) is 9.25. The van der Waals surface area contributed by atoms with Crippen molar-refractivity contribution in [1.82, 2.24) is 10.6 Å². The summed E-state index contributed by atoms with van der Waals surface area (Å²) in [5, 5.41) is 15.2. The van der Waals surface area contributed by atoms with Crippen molar-refractivity contribution < 1.29 is 14.6 Å². The summed E-state index contributed by atoms with van der Waals surface area (Å²) in [7, 11) is 0. The van der Waals surface area contributed by atoms with Gasteiger partial charge in [0.05, 0.1) is 18.8 Å². The van der Waals surface area contributed by atoms with Crippen molar-refractivity contribution in [2.45, 2.75) is 25.0 Å². The minimum Gasteiger partial charge on any atom is -0.389 e. The Hall–Kier alpha value is -1.59. The van der Waals surface area contributed by atoms with Crippen LogP contribution in [0, 0.1) is 0 Å². The van der Waals surface area contributed by atoms with Crippen LogP contribution in [0.25, 0.3) is 0 Å². The van der Waals surface area contributed by atoms with Crippen LogP contribution in [0.4, 0.5) is 4.79 Å². The van der Waals surface area contributed by atoms with Crippen LogP contribution in [-0.2, 0) is 11.2 Å². The van der Waals surface area contributed by atoms with E-state index in [1.807, 2.05) is 30.3 Å². The molecule has 0 bridgehead atoms. The van der Waals surface area contributed by atoms with Gasteiger partial charge in [-0.05, 0) is 18.4 Å². The summed E-state index contributed by atoms with van der Waals surface area (Å²) in [4.78, 5) is 11.7. The molecule has 5 heteroatoms. The number of amides is 2. The van der Waals surface area contributed by atoms with E-state index in [0.717, 1.165) is 6.42 Å². The fraction of sp³-hybridized carbons (Fsp3) is 0.500. The molecule has 0 saturated carbocycles. The second kappa shape index (κ2) is 7.11. The van der Waals surface area contributed by atoms with Gasteiger partial charge in [0.1, 0.15) is 0 Å². The fourth-order valence-corrected chi connectivity index (χ4v) is 2.08. The normalized spacial score (nSPS) is 22.8. The third-order valence-corrected chi connectivity index (χ3v) is 3.18. The average Bonchev–Trinajstić information content (AvgIpc) is 2.43. The first kappa shape index (κ1) is 13.8. The maximum atomic E-state index is 11.7. The number of ether oxygens (including phenoxy) is 1. The molecule has 2 amide bonds. The predicted octanol–water partition coefficient (Wildman–Crippen LogP) is 0.678. The Labute approximate surface area is 113 Å². The molecule has 2 atom stereocenters. The van der Waals surface area contributed by atoms with Crippen molar-refractivity contribution in [3.8, 4) is 0 Å². The second-order valence-electron chi connectivity index (χ2n) is 4.67. The van der Waals surface area contributed by atoms with Crippen LogP contribution in [0.2, 0.25) is 0 Å². The molecule has 0 radical (unpaired) electrons. The standard InChI is InChI=1S/C14H20N2O3/c17-13-10-19-9-7-12(13)16-14(18)15-8-6-11-4-2-1-3-5-11/h1-5,12-13,17H,6-10H2,(H2,15,16,18)/t12-,13-/m1/s1. The summed E-state index contributed by atoms with van der Waals surface area (Å²) in [6.07, 6.45) is 0.825.